The lowest BCUT2D eigenvalue weighted by Gasteiger charge is -2.16. The average molecular weight is 146 g/mol. The fourth-order valence-electron chi connectivity index (χ4n) is 0.732. The molecule has 0 amide bonds. The summed E-state index contributed by atoms with van der Waals surface area (Å²) in [6.45, 7) is 5.67. The Morgan fingerprint density at radius 3 is 2.22 bits per heavy atom. The first-order chi connectivity index (χ1) is 4.00. The molecule has 0 rings (SSSR count). The zero-order chi connectivity index (χ0) is 7.49. The van der Waals surface area contributed by atoms with Gasteiger partial charge in [-0.2, -0.15) is 0 Å². The second-order valence-corrected chi connectivity index (χ2v) is 6.21. The van der Waals surface area contributed by atoms with Crippen LogP contribution in [0.2, 0.25) is 11.1 Å². The van der Waals surface area contributed by atoms with Gasteiger partial charge in [-0.1, -0.05) is 26.8 Å². The smallest absolute Gasteiger partial charge is 0.305 e. The SMILES string of the molecule is CC[SiH2]C(C)(C)C(=O)O. The number of carboxylic acid groups (broad SMARTS) is 1. The predicted molar refractivity (Wildman–Crippen MR) is 40.7 cm³/mol. The van der Waals surface area contributed by atoms with Crippen molar-refractivity contribution in [2.24, 2.45) is 0 Å². The molecule has 0 saturated heterocycles. The zero-order valence-corrected chi connectivity index (χ0v) is 7.68. The molecule has 0 radical (unpaired) electrons. The van der Waals surface area contributed by atoms with Crippen LogP contribution in [0.5, 0.6) is 0 Å². The minimum Gasteiger partial charge on any atom is -0.481 e. The maximum Gasteiger partial charge on any atom is 0.305 e. The minimum atomic E-state index is -0.643. The van der Waals surface area contributed by atoms with Crippen molar-refractivity contribution >= 4 is 15.5 Å². The van der Waals surface area contributed by atoms with E-state index in [9.17, 15) is 4.79 Å². The van der Waals surface area contributed by atoms with Gasteiger partial charge in [0, 0.05) is 14.6 Å². The molecule has 0 aliphatic carbocycles. The van der Waals surface area contributed by atoms with E-state index in [2.05, 4.69) is 6.92 Å². The van der Waals surface area contributed by atoms with E-state index in [1.54, 1.807) is 0 Å². The van der Waals surface area contributed by atoms with Crippen LogP contribution in [0.1, 0.15) is 20.8 Å². The highest BCUT2D eigenvalue weighted by Gasteiger charge is 2.25. The van der Waals surface area contributed by atoms with Gasteiger partial charge in [0.1, 0.15) is 0 Å². The summed E-state index contributed by atoms with van der Waals surface area (Å²) >= 11 is 0. The zero-order valence-electron chi connectivity index (χ0n) is 6.27. The van der Waals surface area contributed by atoms with E-state index in [-0.39, 0.29) is 0 Å². The van der Waals surface area contributed by atoms with E-state index < -0.39 is 20.5 Å². The summed E-state index contributed by atoms with van der Waals surface area (Å²) in [6, 6.07) is 1.07. The summed E-state index contributed by atoms with van der Waals surface area (Å²) in [7, 11) is -0.397. The highest BCUT2D eigenvalue weighted by Crippen LogP contribution is 2.22. The van der Waals surface area contributed by atoms with E-state index in [0.717, 1.165) is 6.04 Å². The Hall–Kier alpha value is -0.313. The molecule has 0 aromatic heterocycles. The van der Waals surface area contributed by atoms with Crippen LogP contribution in [-0.4, -0.2) is 20.6 Å². The maximum absolute atomic E-state index is 10.4. The number of carboxylic acids is 1. The number of hydrogen-bond acceptors (Lipinski definition) is 1. The second kappa shape index (κ2) is 3.01. The highest BCUT2D eigenvalue weighted by atomic mass is 28.2. The summed E-state index contributed by atoms with van der Waals surface area (Å²) in [6.07, 6.45) is 0. The third-order valence-electron chi connectivity index (χ3n) is 1.45. The molecule has 0 unspecified atom stereocenters. The van der Waals surface area contributed by atoms with Crippen LogP contribution in [0.3, 0.4) is 0 Å². The summed E-state index contributed by atoms with van der Waals surface area (Å²) in [5.41, 5.74) is 0. The van der Waals surface area contributed by atoms with Gasteiger partial charge in [-0.05, 0) is 0 Å². The Labute approximate surface area is 58.1 Å². The molecule has 0 spiro atoms. The van der Waals surface area contributed by atoms with Crippen LogP contribution in [0.15, 0.2) is 0 Å². The lowest BCUT2D eigenvalue weighted by Crippen LogP contribution is -2.22. The topological polar surface area (TPSA) is 37.3 Å². The van der Waals surface area contributed by atoms with E-state index in [1.807, 2.05) is 13.8 Å². The Morgan fingerprint density at radius 1 is 1.67 bits per heavy atom. The fraction of sp³-hybridized carbons (Fsp3) is 0.833. The molecule has 0 aliphatic rings. The first kappa shape index (κ1) is 8.69. The minimum absolute atomic E-state index is 0.394. The van der Waals surface area contributed by atoms with Crippen LogP contribution in [-0.2, 0) is 4.79 Å². The highest BCUT2D eigenvalue weighted by molar-refractivity contribution is 6.46. The maximum atomic E-state index is 10.4. The van der Waals surface area contributed by atoms with Gasteiger partial charge in [-0.3, -0.25) is 4.79 Å². The fourth-order valence-corrected chi connectivity index (χ4v) is 2.20. The standard InChI is InChI=1S/C6H14O2Si/c1-4-9-6(2,3)5(7)8/h4,9H2,1-3H3,(H,7,8). The molecular weight excluding hydrogens is 132 g/mol. The molecule has 0 aliphatic heterocycles. The Morgan fingerprint density at radius 2 is 2.11 bits per heavy atom. The molecule has 0 fully saturated rings. The second-order valence-electron chi connectivity index (χ2n) is 2.94. The van der Waals surface area contributed by atoms with Gasteiger partial charge in [0.25, 0.3) is 0 Å². The van der Waals surface area contributed by atoms with Gasteiger partial charge in [0.2, 0.25) is 0 Å². The average Bonchev–Trinajstić information content (AvgIpc) is 1.65. The van der Waals surface area contributed by atoms with E-state index in [0.29, 0.717) is 0 Å². The summed E-state index contributed by atoms with van der Waals surface area (Å²) in [4.78, 5) is 10.4. The lowest BCUT2D eigenvalue weighted by atomic mass is 10.2. The predicted octanol–water partition coefficient (Wildman–Crippen LogP) is 0.877. The molecular formula is C6H14O2Si. The van der Waals surface area contributed by atoms with Crippen molar-refractivity contribution in [3.05, 3.63) is 0 Å². The quantitative estimate of drug-likeness (QED) is 0.600. The summed E-state index contributed by atoms with van der Waals surface area (Å²) in [5, 5.41) is 8.21. The molecule has 2 nitrogen and oxygen atoms in total. The summed E-state index contributed by atoms with van der Waals surface area (Å²) < 4.78 is 0. The van der Waals surface area contributed by atoms with Crippen LogP contribution < -0.4 is 0 Å². The normalized spacial score (nSPS) is 12.8. The molecule has 3 heteroatoms. The molecule has 0 saturated carbocycles. The Kier molecular flexibility index (Phi) is 2.90. The largest absolute Gasteiger partial charge is 0.481 e. The van der Waals surface area contributed by atoms with Crippen LogP contribution in [0.25, 0.3) is 0 Å². The third kappa shape index (κ3) is 2.65. The van der Waals surface area contributed by atoms with Gasteiger partial charge < -0.3 is 5.11 Å². The Bertz CT molecular complexity index is 110. The molecule has 0 heterocycles. The van der Waals surface area contributed by atoms with Crippen molar-refractivity contribution in [1.29, 1.82) is 0 Å². The molecule has 0 aromatic carbocycles. The third-order valence-corrected chi connectivity index (χ3v) is 3.51. The van der Waals surface area contributed by atoms with Gasteiger partial charge in [0.15, 0.2) is 0 Å². The van der Waals surface area contributed by atoms with Gasteiger partial charge in [0.05, 0.1) is 0 Å². The molecule has 9 heavy (non-hydrogen) atoms. The van der Waals surface area contributed by atoms with Gasteiger partial charge in [-0.15, -0.1) is 0 Å². The van der Waals surface area contributed by atoms with Gasteiger partial charge in [-0.25, -0.2) is 0 Å². The van der Waals surface area contributed by atoms with Crippen molar-refractivity contribution in [1.82, 2.24) is 0 Å². The van der Waals surface area contributed by atoms with Crippen LogP contribution in [0, 0.1) is 0 Å². The molecule has 54 valence electrons. The van der Waals surface area contributed by atoms with Crippen molar-refractivity contribution in [2.45, 2.75) is 31.9 Å². The van der Waals surface area contributed by atoms with Crippen molar-refractivity contribution in [3.8, 4) is 0 Å². The lowest BCUT2D eigenvalue weighted by molar-refractivity contribution is -0.139. The van der Waals surface area contributed by atoms with Crippen molar-refractivity contribution < 1.29 is 9.90 Å². The monoisotopic (exact) mass is 146 g/mol. The molecule has 1 N–H and O–H groups in total. The van der Waals surface area contributed by atoms with E-state index >= 15 is 0 Å². The van der Waals surface area contributed by atoms with E-state index in [1.165, 1.54) is 0 Å². The van der Waals surface area contributed by atoms with Gasteiger partial charge >= 0.3 is 5.97 Å². The van der Waals surface area contributed by atoms with E-state index in [4.69, 9.17) is 5.11 Å². The first-order valence-corrected chi connectivity index (χ1v) is 4.95. The van der Waals surface area contributed by atoms with Crippen molar-refractivity contribution in [2.75, 3.05) is 0 Å². The van der Waals surface area contributed by atoms with Crippen LogP contribution >= 0.6 is 0 Å². The number of carbonyl (C=O) groups is 1. The molecule has 0 atom stereocenters. The number of aliphatic carboxylic acids is 1. The van der Waals surface area contributed by atoms with Crippen LogP contribution in [0.4, 0.5) is 0 Å². The van der Waals surface area contributed by atoms with Crippen molar-refractivity contribution in [3.63, 3.8) is 0 Å². The Balaban J connectivity index is 3.85. The first-order valence-electron chi connectivity index (χ1n) is 3.24. The number of rotatable bonds is 3. The molecule has 0 aromatic rings. The molecule has 0 bridgehead atoms. The summed E-state index contributed by atoms with van der Waals surface area (Å²) in [5.74, 6) is -0.643. The number of hydrogen-bond donors (Lipinski definition) is 1.